The molecule has 2 N–H and O–H groups in total. The maximum atomic E-state index is 12.2. The fourth-order valence-corrected chi connectivity index (χ4v) is 4.81. The molecule has 4 aromatic rings. The Morgan fingerprint density at radius 1 is 0.950 bits per heavy atom. The maximum absolute atomic E-state index is 12.2. The first-order valence-electron chi connectivity index (χ1n) is 13.7. The summed E-state index contributed by atoms with van der Waals surface area (Å²) in [6.07, 6.45) is 5.33. The summed E-state index contributed by atoms with van der Waals surface area (Å²) in [4.78, 5) is 25.8. The average Bonchev–Trinajstić information content (AvgIpc) is 3.00. The molecule has 0 saturated carbocycles. The minimum absolute atomic E-state index is 0.273. The molecule has 8 nitrogen and oxygen atoms in total. The van der Waals surface area contributed by atoms with Crippen LogP contribution in [0.4, 0.5) is 16.3 Å². The van der Waals surface area contributed by atoms with Crippen LogP contribution in [0.2, 0.25) is 0 Å². The number of carbonyl (C=O) groups is 1. The van der Waals surface area contributed by atoms with Crippen LogP contribution < -0.4 is 20.3 Å². The van der Waals surface area contributed by atoms with Crippen LogP contribution in [0, 0.1) is 0 Å². The maximum Gasteiger partial charge on any atom is 0.319 e. The molecule has 0 spiro atoms. The van der Waals surface area contributed by atoms with Gasteiger partial charge in [0.15, 0.2) is 0 Å². The molecule has 0 aliphatic carbocycles. The van der Waals surface area contributed by atoms with Gasteiger partial charge < -0.3 is 20.3 Å². The van der Waals surface area contributed by atoms with E-state index in [0.717, 1.165) is 60.0 Å². The molecule has 3 heterocycles. The van der Waals surface area contributed by atoms with E-state index in [2.05, 4.69) is 74.6 Å². The predicted octanol–water partition coefficient (Wildman–Crippen LogP) is 5.57. The van der Waals surface area contributed by atoms with Gasteiger partial charge in [-0.15, -0.1) is 0 Å². The first kappa shape index (κ1) is 27.1. The lowest BCUT2D eigenvalue weighted by atomic mass is 10.0. The topological polar surface area (TPSA) is 82.6 Å². The van der Waals surface area contributed by atoms with Gasteiger partial charge in [0.2, 0.25) is 0 Å². The molecular formula is C32H36N6O2. The fourth-order valence-electron chi connectivity index (χ4n) is 4.81. The van der Waals surface area contributed by atoms with Crippen molar-refractivity contribution < 1.29 is 9.53 Å². The standard InChI is InChI=1S/C32H36N6O2/c1-24(2)37-16-18-38(19-17-37)31-20-26(13-15-34-31)30-8-4-3-7-27(30)23-40-29-11-9-28(10-12-29)36-32(39)35-22-25-6-5-14-33-21-25/h3-15,20-21,24H,16-19,22-23H2,1-2H3,(H2,35,36,39). The van der Waals surface area contributed by atoms with Crippen molar-refractivity contribution in [3.05, 3.63) is 103 Å². The number of piperazine rings is 1. The highest BCUT2D eigenvalue weighted by atomic mass is 16.5. The smallest absolute Gasteiger partial charge is 0.319 e. The van der Waals surface area contributed by atoms with Crippen LogP contribution in [0.15, 0.2) is 91.4 Å². The van der Waals surface area contributed by atoms with Gasteiger partial charge in [-0.1, -0.05) is 30.3 Å². The minimum atomic E-state index is -0.273. The molecule has 0 radical (unpaired) electrons. The second-order valence-corrected chi connectivity index (χ2v) is 10.2. The molecule has 2 aromatic heterocycles. The highest BCUT2D eigenvalue weighted by Crippen LogP contribution is 2.28. The number of rotatable bonds is 9. The van der Waals surface area contributed by atoms with E-state index in [1.54, 1.807) is 12.4 Å². The molecule has 0 bridgehead atoms. The zero-order valence-electron chi connectivity index (χ0n) is 23.1. The molecule has 0 unspecified atom stereocenters. The van der Waals surface area contributed by atoms with Crippen molar-refractivity contribution in [2.75, 3.05) is 36.4 Å². The molecule has 1 saturated heterocycles. The number of pyridine rings is 2. The third kappa shape index (κ3) is 7.15. The normalized spacial score (nSPS) is 13.7. The monoisotopic (exact) mass is 536 g/mol. The van der Waals surface area contributed by atoms with Crippen LogP contribution in [0.3, 0.4) is 0 Å². The summed E-state index contributed by atoms with van der Waals surface area (Å²) in [5.41, 5.74) is 4.99. The molecule has 8 heteroatoms. The third-order valence-electron chi connectivity index (χ3n) is 7.12. The van der Waals surface area contributed by atoms with Crippen molar-refractivity contribution >= 4 is 17.5 Å². The van der Waals surface area contributed by atoms with Crippen LogP contribution in [0.25, 0.3) is 11.1 Å². The van der Waals surface area contributed by atoms with Gasteiger partial charge in [0.25, 0.3) is 0 Å². The molecule has 40 heavy (non-hydrogen) atoms. The van der Waals surface area contributed by atoms with E-state index in [0.29, 0.717) is 24.9 Å². The Kier molecular flexibility index (Phi) is 8.88. The molecule has 1 aliphatic heterocycles. The lowest BCUT2D eigenvalue weighted by Crippen LogP contribution is -2.49. The molecule has 5 rings (SSSR count). The van der Waals surface area contributed by atoms with Crippen molar-refractivity contribution in [2.24, 2.45) is 0 Å². The molecule has 2 amide bonds. The molecule has 1 fully saturated rings. The van der Waals surface area contributed by atoms with E-state index in [1.807, 2.05) is 48.7 Å². The van der Waals surface area contributed by atoms with Crippen LogP contribution >= 0.6 is 0 Å². The zero-order chi connectivity index (χ0) is 27.7. The SMILES string of the molecule is CC(C)N1CCN(c2cc(-c3ccccc3COc3ccc(NC(=O)NCc4cccnc4)cc3)ccn2)CC1. The number of anilines is 2. The number of benzene rings is 2. The van der Waals surface area contributed by atoms with E-state index in [1.165, 1.54) is 0 Å². The number of urea groups is 1. The number of nitrogens with one attached hydrogen (secondary N) is 2. The fraction of sp³-hybridized carbons (Fsp3) is 0.281. The third-order valence-corrected chi connectivity index (χ3v) is 7.12. The average molecular weight is 537 g/mol. The summed E-state index contributed by atoms with van der Waals surface area (Å²) >= 11 is 0. The highest BCUT2D eigenvalue weighted by Gasteiger charge is 2.20. The van der Waals surface area contributed by atoms with Crippen molar-refractivity contribution in [1.82, 2.24) is 20.2 Å². The minimum Gasteiger partial charge on any atom is -0.489 e. The Morgan fingerprint density at radius 3 is 2.50 bits per heavy atom. The number of carbonyl (C=O) groups excluding carboxylic acids is 1. The summed E-state index contributed by atoms with van der Waals surface area (Å²) in [5.74, 6) is 1.75. The lowest BCUT2D eigenvalue weighted by Gasteiger charge is -2.37. The van der Waals surface area contributed by atoms with E-state index in [-0.39, 0.29) is 6.03 Å². The number of hydrogen-bond acceptors (Lipinski definition) is 6. The Balaban J connectivity index is 1.18. The van der Waals surface area contributed by atoms with Gasteiger partial charge in [-0.05, 0) is 78.6 Å². The van der Waals surface area contributed by atoms with Gasteiger partial charge in [0.1, 0.15) is 18.2 Å². The van der Waals surface area contributed by atoms with Gasteiger partial charge in [-0.2, -0.15) is 0 Å². The Labute approximate surface area is 236 Å². The highest BCUT2D eigenvalue weighted by molar-refractivity contribution is 5.89. The van der Waals surface area contributed by atoms with Crippen LogP contribution in [0.5, 0.6) is 5.75 Å². The second-order valence-electron chi connectivity index (χ2n) is 10.2. The Morgan fingerprint density at radius 2 is 1.75 bits per heavy atom. The summed E-state index contributed by atoms with van der Waals surface area (Å²) in [6.45, 7) is 9.42. The van der Waals surface area contributed by atoms with Crippen LogP contribution in [-0.2, 0) is 13.2 Å². The summed E-state index contributed by atoms with van der Waals surface area (Å²) in [5, 5.41) is 5.68. The number of amides is 2. The van der Waals surface area contributed by atoms with Gasteiger partial charge in [-0.3, -0.25) is 9.88 Å². The first-order chi connectivity index (χ1) is 19.5. The summed E-state index contributed by atoms with van der Waals surface area (Å²) < 4.78 is 6.13. The lowest BCUT2D eigenvalue weighted by molar-refractivity contribution is 0.209. The number of ether oxygens (including phenoxy) is 1. The number of nitrogens with zero attached hydrogens (tertiary/aromatic N) is 4. The molecule has 2 aromatic carbocycles. The van der Waals surface area contributed by atoms with Crippen LogP contribution in [0.1, 0.15) is 25.0 Å². The quantitative estimate of drug-likeness (QED) is 0.291. The van der Waals surface area contributed by atoms with Crippen LogP contribution in [-0.4, -0.2) is 53.1 Å². The predicted molar refractivity (Wildman–Crippen MR) is 159 cm³/mol. The first-order valence-corrected chi connectivity index (χ1v) is 13.7. The Bertz CT molecular complexity index is 1390. The van der Waals surface area contributed by atoms with Gasteiger partial charge in [0.05, 0.1) is 0 Å². The molecule has 1 aliphatic rings. The number of hydrogen-bond donors (Lipinski definition) is 2. The van der Waals surface area contributed by atoms with Crippen molar-refractivity contribution in [2.45, 2.75) is 33.0 Å². The van der Waals surface area contributed by atoms with Gasteiger partial charge in [-0.25, -0.2) is 9.78 Å². The zero-order valence-corrected chi connectivity index (χ0v) is 23.1. The van der Waals surface area contributed by atoms with Crippen molar-refractivity contribution in [3.63, 3.8) is 0 Å². The van der Waals surface area contributed by atoms with E-state index >= 15 is 0 Å². The Hall–Kier alpha value is -4.43. The molecule has 0 atom stereocenters. The van der Waals surface area contributed by atoms with Gasteiger partial charge >= 0.3 is 6.03 Å². The van der Waals surface area contributed by atoms with E-state index in [9.17, 15) is 4.79 Å². The molecule has 206 valence electrons. The number of aromatic nitrogens is 2. The second kappa shape index (κ2) is 13.1. The largest absolute Gasteiger partial charge is 0.489 e. The summed E-state index contributed by atoms with van der Waals surface area (Å²) in [7, 11) is 0. The van der Waals surface area contributed by atoms with Gasteiger partial charge in [0, 0.05) is 63.0 Å². The molecular weight excluding hydrogens is 500 g/mol. The van der Waals surface area contributed by atoms with Crippen molar-refractivity contribution in [1.29, 1.82) is 0 Å². The van der Waals surface area contributed by atoms with E-state index in [4.69, 9.17) is 4.74 Å². The van der Waals surface area contributed by atoms with Crippen molar-refractivity contribution in [3.8, 4) is 16.9 Å². The summed E-state index contributed by atoms with van der Waals surface area (Å²) in [6, 6.07) is 24.0. The van der Waals surface area contributed by atoms with E-state index < -0.39 is 0 Å².